The Hall–Kier alpha value is -1.10. The zero-order valence-corrected chi connectivity index (χ0v) is 9.21. The summed E-state index contributed by atoms with van der Waals surface area (Å²) in [5, 5.41) is 3.13. The van der Waals surface area contributed by atoms with Gasteiger partial charge in [-0.15, -0.1) is 11.3 Å². The zero-order chi connectivity index (χ0) is 11.8. The van der Waals surface area contributed by atoms with E-state index in [4.69, 9.17) is 8.27 Å². The summed E-state index contributed by atoms with van der Waals surface area (Å²) in [5.74, 6) is 0. The van der Waals surface area contributed by atoms with Gasteiger partial charge in [0.05, 0.1) is 16.7 Å². The van der Waals surface area contributed by atoms with Gasteiger partial charge in [0.25, 0.3) is 0 Å². The largest absolute Gasteiger partial charge is 0.229 e. The van der Waals surface area contributed by atoms with E-state index in [-0.39, 0.29) is 0 Å². The van der Waals surface area contributed by atoms with Crippen LogP contribution in [0.2, 0.25) is 0 Å². The van der Waals surface area contributed by atoms with Gasteiger partial charge < -0.3 is 0 Å². The molecule has 4 nitrogen and oxygen atoms in total. The normalized spacial score (nSPS) is 13.2. The molecular formula is C8H5BrN4S. The maximum atomic E-state index is 8.28. The molecule has 0 N–H and O–H groups in total. The van der Waals surface area contributed by atoms with Crippen LogP contribution in [-0.2, 0) is 6.50 Å². The van der Waals surface area contributed by atoms with Gasteiger partial charge in [-0.3, -0.25) is 0 Å². The molecule has 0 fully saturated rings. The molecule has 1 heterocycles. The molecule has 0 spiro atoms. The minimum Gasteiger partial charge on any atom is -0.229 e. The molecule has 2 aromatic rings. The fourth-order valence-corrected chi connectivity index (χ4v) is 2.49. The van der Waals surface area contributed by atoms with E-state index >= 15 is 0 Å². The van der Waals surface area contributed by atoms with Crippen LogP contribution in [-0.4, -0.2) is 4.98 Å². The number of thiazole rings is 1. The second-order valence-corrected chi connectivity index (χ2v) is 4.76. The van der Waals surface area contributed by atoms with Crippen LogP contribution in [0.15, 0.2) is 27.2 Å². The zero-order valence-electron chi connectivity index (χ0n) is 8.81. The van der Waals surface area contributed by atoms with Crippen LogP contribution in [0.4, 0.5) is 0 Å². The first-order chi connectivity index (χ1) is 7.53. The lowest BCUT2D eigenvalue weighted by atomic mass is 10.2. The number of hydrogen-bond acceptors (Lipinski definition) is 3. The lowest BCUT2D eigenvalue weighted by molar-refractivity contribution is 1.05. The molecular weight excluding hydrogens is 264 g/mol. The maximum absolute atomic E-state index is 8.28. The third-order valence-electron chi connectivity index (χ3n) is 1.59. The first kappa shape index (κ1) is 7.23. The number of hydrogen-bond donors (Lipinski definition) is 0. The summed E-state index contributed by atoms with van der Waals surface area (Å²) in [5.41, 5.74) is 9.40. The van der Waals surface area contributed by atoms with E-state index in [0.717, 1.165) is 14.1 Å². The summed E-state index contributed by atoms with van der Waals surface area (Å²) in [6.45, 7) is -2.03. The monoisotopic (exact) mass is 270 g/mol. The van der Waals surface area contributed by atoms with Gasteiger partial charge in [0.15, 0.2) is 3.92 Å². The van der Waals surface area contributed by atoms with E-state index in [9.17, 15) is 0 Å². The molecule has 0 saturated carbocycles. The summed E-state index contributed by atoms with van der Waals surface area (Å²) in [4.78, 5) is 6.69. The van der Waals surface area contributed by atoms with Crippen LogP contribution in [0, 0.1) is 0 Å². The highest BCUT2D eigenvalue weighted by atomic mass is 79.9. The molecule has 0 unspecified atom stereocenters. The minimum atomic E-state index is -2.03. The molecule has 0 radical (unpaired) electrons. The molecule has 70 valence electrons. The number of azide groups is 1. The smallest absolute Gasteiger partial charge is 0.160 e. The van der Waals surface area contributed by atoms with Crippen molar-refractivity contribution in [3.63, 3.8) is 0 Å². The molecule has 6 heteroatoms. The van der Waals surface area contributed by atoms with E-state index < -0.39 is 6.50 Å². The topological polar surface area (TPSA) is 61.7 Å². The van der Waals surface area contributed by atoms with Crippen LogP contribution in [0.3, 0.4) is 0 Å². The highest BCUT2D eigenvalue weighted by molar-refractivity contribution is 9.11. The second kappa shape index (κ2) is 3.96. The Morgan fingerprint density at radius 1 is 1.71 bits per heavy atom. The Balaban J connectivity index is 2.58. The Kier molecular flexibility index (Phi) is 2.04. The lowest BCUT2D eigenvalue weighted by Gasteiger charge is -1.93. The number of fused-ring (bicyclic) bond motifs is 1. The van der Waals surface area contributed by atoms with Crippen molar-refractivity contribution in [2.45, 2.75) is 6.50 Å². The van der Waals surface area contributed by atoms with Crippen LogP contribution in [0.25, 0.3) is 20.7 Å². The number of nitrogens with zero attached hydrogens (tertiary/aromatic N) is 4. The Labute approximate surface area is 95.1 Å². The highest BCUT2D eigenvalue weighted by Crippen LogP contribution is 2.26. The second-order valence-electron chi connectivity index (χ2n) is 2.45. The van der Waals surface area contributed by atoms with Crippen LogP contribution < -0.4 is 0 Å². The fourth-order valence-electron chi connectivity index (χ4n) is 1.05. The Morgan fingerprint density at radius 2 is 2.57 bits per heavy atom. The predicted molar refractivity (Wildman–Crippen MR) is 60.2 cm³/mol. The van der Waals surface area contributed by atoms with Crippen molar-refractivity contribution in [1.29, 1.82) is 0 Å². The average molecular weight is 271 g/mol. The van der Waals surface area contributed by atoms with Crippen molar-refractivity contribution in [3.05, 3.63) is 38.1 Å². The number of aromatic nitrogens is 1. The van der Waals surface area contributed by atoms with E-state index in [1.807, 2.05) is 0 Å². The minimum absolute atomic E-state index is 0.328. The first-order valence-corrected chi connectivity index (χ1v) is 5.27. The van der Waals surface area contributed by atoms with Crippen molar-refractivity contribution < 1.29 is 2.74 Å². The summed E-state index contributed by atoms with van der Waals surface area (Å²) in [6, 6.07) is 4.92. The maximum Gasteiger partial charge on any atom is 0.160 e. The van der Waals surface area contributed by atoms with Crippen molar-refractivity contribution in [2.75, 3.05) is 0 Å². The van der Waals surface area contributed by atoms with Gasteiger partial charge in [-0.05, 0) is 39.2 Å². The first-order valence-electron chi connectivity index (χ1n) is 4.66. The van der Waals surface area contributed by atoms with Crippen LogP contribution in [0.5, 0.6) is 0 Å². The van der Waals surface area contributed by atoms with Crippen LogP contribution in [0.1, 0.15) is 8.30 Å². The van der Waals surface area contributed by atoms with Crippen molar-refractivity contribution >= 4 is 37.5 Å². The lowest BCUT2D eigenvalue weighted by Crippen LogP contribution is -1.78. The highest BCUT2D eigenvalue weighted by Gasteiger charge is 2.01. The quantitative estimate of drug-likeness (QED) is 0.464. The van der Waals surface area contributed by atoms with E-state index in [2.05, 4.69) is 30.9 Å². The van der Waals surface area contributed by atoms with Gasteiger partial charge in [0, 0.05) is 7.65 Å². The molecule has 0 aliphatic carbocycles. The molecule has 0 aliphatic heterocycles. The SMILES string of the molecule is [2H]C([2H])(N=[N+]=[N-])c1ccc2nc(Br)sc2c1. The number of halogens is 1. The van der Waals surface area contributed by atoms with Gasteiger partial charge in [-0.2, -0.15) is 0 Å². The predicted octanol–water partition coefficient (Wildman–Crippen LogP) is 3.87. The van der Waals surface area contributed by atoms with E-state index in [1.54, 1.807) is 18.2 Å². The van der Waals surface area contributed by atoms with Gasteiger partial charge in [0.2, 0.25) is 0 Å². The standard InChI is InChI=1S/C8H5BrN4S/c9-8-12-6-2-1-5(4-11-13-10)3-7(6)14-8/h1-3H,4H2/i4D2. The van der Waals surface area contributed by atoms with Crippen molar-refractivity contribution in [3.8, 4) is 0 Å². The van der Waals surface area contributed by atoms with Gasteiger partial charge in [-0.1, -0.05) is 11.2 Å². The molecule has 2 rings (SSSR count). The third-order valence-corrected chi connectivity index (χ3v) is 3.06. The molecule has 0 aliphatic rings. The van der Waals surface area contributed by atoms with Crippen molar-refractivity contribution in [1.82, 2.24) is 4.98 Å². The molecule has 0 atom stereocenters. The summed E-state index contributed by atoms with van der Waals surface area (Å²) in [7, 11) is 0. The summed E-state index contributed by atoms with van der Waals surface area (Å²) >= 11 is 4.67. The van der Waals surface area contributed by atoms with E-state index in [0.29, 0.717) is 5.56 Å². The van der Waals surface area contributed by atoms with Crippen molar-refractivity contribution in [2.24, 2.45) is 5.11 Å². The molecule has 1 aromatic carbocycles. The molecule has 0 amide bonds. The summed E-state index contributed by atoms with van der Waals surface area (Å²) in [6.07, 6.45) is 0. The third kappa shape index (κ3) is 1.87. The Bertz CT molecular complexity index is 591. The molecule has 0 bridgehead atoms. The summed E-state index contributed by atoms with van der Waals surface area (Å²) < 4.78 is 16.7. The van der Waals surface area contributed by atoms with Gasteiger partial charge in [-0.25, -0.2) is 4.98 Å². The average Bonchev–Trinajstić information content (AvgIpc) is 2.56. The molecule has 0 saturated heterocycles. The molecule has 1 aromatic heterocycles. The number of rotatable bonds is 2. The Morgan fingerprint density at radius 3 is 3.36 bits per heavy atom. The van der Waals surface area contributed by atoms with Gasteiger partial charge >= 0.3 is 0 Å². The number of benzene rings is 1. The van der Waals surface area contributed by atoms with Crippen LogP contribution >= 0.6 is 27.3 Å². The van der Waals surface area contributed by atoms with Gasteiger partial charge in [0.1, 0.15) is 0 Å². The van der Waals surface area contributed by atoms with E-state index in [1.165, 1.54) is 11.3 Å². The fraction of sp³-hybridized carbons (Fsp3) is 0.125. The molecule has 14 heavy (non-hydrogen) atoms.